The maximum Gasteiger partial charge on any atom is 0.326 e. The van der Waals surface area contributed by atoms with Gasteiger partial charge in [0.15, 0.2) is 0 Å². The number of hydrogen-bond donors (Lipinski definition) is 3. The maximum absolute atomic E-state index is 12.7. The van der Waals surface area contributed by atoms with Crippen LogP contribution in [0.3, 0.4) is 0 Å². The van der Waals surface area contributed by atoms with Crippen LogP contribution in [0.25, 0.3) is 0 Å². The topological polar surface area (TPSA) is 133 Å². The summed E-state index contributed by atoms with van der Waals surface area (Å²) in [5.41, 5.74) is 6.00. The van der Waals surface area contributed by atoms with E-state index in [4.69, 9.17) is 5.73 Å². The monoisotopic (exact) mass is 396 g/mol. The molecule has 3 amide bonds. The Morgan fingerprint density at radius 2 is 1.54 bits per heavy atom. The molecule has 0 spiro atoms. The molecule has 0 unspecified atom stereocenters. The first-order valence-corrected chi connectivity index (χ1v) is 10.0. The van der Waals surface area contributed by atoms with Crippen LogP contribution in [-0.2, 0) is 19.2 Å². The number of nitrogens with two attached hydrogens (primary N) is 1. The van der Waals surface area contributed by atoms with Gasteiger partial charge in [0.2, 0.25) is 17.7 Å². The van der Waals surface area contributed by atoms with Crippen molar-refractivity contribution in [2.45, 2.75) is 77.0 Å². The van der Waals surface area contributed by atoms with Crippen molar-refractivity contribution < 1.29 is 24.3 Å². The molecule has 0 aromatic heterocycles. The predicted molar refractivity (Wildman–Crippen MR) is 102 cm³/mol. The molecule has 0 radical (unpaired) electrons. The van der Waals surface area contributed by atoms with Crippen molar-refractivity contribution >= 4 is 23.7 Å². The quantitative estimate of drug-likeness (QED) is 0.552. The fourth-order valence-electron chi connectivity index (χ4n) is 4.03. The molecule has 0 aromatic rings. The van der Waals surface area contributed by atoms with Gasteiger partial charge in [0.1, 0.15) is 18.1 Å². The van der Waals surface area contributed by atoms with Crippen LogP contribution in [0.15, 0.2) is 0 Å². The molecule has 2 saturated heterocycles. The van der Waals surface area contributed by atoms with Gasteiger partial charge in [0.25, 0.3) is 0 Å². The van der Waals surface area contributed by atoms with Gasteiger partial charge in [-0.1, -0.05) is 13.8 Å². The Balaban J connectivity index is 1.97. The van der Waals surface area contributed by atoms with Gasteiger partial charge in [0.05, 0.1) is 6.04 Å². The van der Waals surface area contributed by atoms with Crippen LogP contribution < -0.4 is 11.1 Å². The Hall–Kier alpha value is -2.16. The van der Waals surface area contributed by atoms with Gasteiger partial charge in [0, 0.05) is 13.1 Å². The average molecular weight is 396 g/mol. The summed E-state index contributed by atoms with van der Waals surface area (Å²) in [5.74, 6) is -1.80. The first-order valence-electron chi connectivity index (χ1n) is 10.0. The van der Waals surface area contributed by atoms with Crippen LogP contribution in [0, 0.1) is 5.92 Å². The summed E-state index contributed by atoms with van der Waals surface area (Å²) in [6.07, 6.45) is 2.81. The largest absolute Gasteiger partial charge is 0.480 e. The van der Waals surface area contributed by atoms with Crippen molar-refractivity contribution in [2.24, 2.45) is 11.7 Å². The second-order valence-corrected chi connectivity index (χ2v) is 8.18. The molecule has 0 saturated carbocycles. The Morgan fingerprint density at radius 1 is 1.00 bits per heavy atom. The minimum absolute atomic E-state index is 0.240. The highest BCUT2D eigenvalue weighted by Crippen LogP contribution is 2.21. The van der Waals surface area contributed by atoms with E-state index in [1.165, 1.54) is 9.80 Å². The van der Waals surface area contributed by atoms with Crippen LogP contribution >= 0.6 is 0 Å². The molecule has 9 heteroatoms. The Labute approximate surface area is 165 Å². The summed E-state index contributed by atoms with van der Waals surface area (Å²) >= 11 is 0. The van der Waals surface area contributed by atoms with Crippen molar-refractivity contribution in [3.63, 3.8) is 0 Å². The van der Waals surface area contributed by atoms with Gasteiger partial charge in [-0.05, 0) is 44.9 Å². The Kier molecular flexibility index (Phi) is 7.40. The first-order chi connectivity index (χ1) is 13.1. The lowest BCUT2D eigenvalue weighted by molar-refractivity contribution is -0.149. The second kappa shape index (κ2) is 9.36. The summed E-state index contributed by atoms with van der Waals surface area (Å²) in [6, 6.07) is -2.98. The van der Waals surface area contributed by atoms with E-state index in [0.717, 1.165) is 0 Å². The third-order valence-corrected chi connectivity index (χ3v) is 5.43. The van der Waals surface area contributed by atoms with E-state index < -0.39 is 42.0 Å². The number of carbonyl (C=O) groups is 4. The van der Waals surface area contributed by atoms with Crippen molar-refractivity contribution in [2.75, 3.05) is 13.1 Å². The molecule has 2 rings (SSSR count). The molecule has 28 heavy (non-hydrogen) atoms. The number of rotatable bonds is 7. The summed E-state index contributed by atoms with van der Waals surface area (Å²) in [7, 11) is 0. The highest BCUT2D eigenvalue weighted by Gasteiger charge is 2.39. The third kappa shape index (κ3) is 5.01. The number of nitrogens with one attached hydrogen (secondary N) is 1. The normalized spacial score (nSPS) is 24.3. The Morgan fingerprint density at radius 3 is 2.07 bits per heavy atom. The number of carboxylic acid groups (broad SMARTS) is 1. The van der Waals surface area contributed by atoms with Crippen LogP contribution in [0.5, 0.6) is 0 Å². The smallest absolute Gasteiger partial charge is 0.326 e. The van der Waals surface area contributed by atoms with E-state index in [1.807, 2.05) is 13.8 Å². The van der Waals surface area contributed by atoms with Crippen molar-refractivity contribution in [1.82, 2.24) is 15.1 Å². The standard InChI is InChI=1S/C19H32N4O5/c1-11(2)10-13(20)18(26)22-8-4-6-14(22)16(24)21-12(3)17(25)23-9-5-7-15(23)19(27)28/h11-15H,4-10,20H2,1-3H3,(H,21,24)(H,27,28)/t12-,13-,14-,15-/m0/s1. The molecule has 2 aliphatic heterocycles. The van der Waals surface area contributed by atoms with Crippen LogP contribution in [0.1, 0.15) is 52.9 Å². The fourth-order valence-corrected chi connectivity index (χ4v) is 4.03. The SMILES string of the molecule is CC(C)C[C@H](N)C(=O)N1CCC[C@H]1C(=O)N[C@@H](C)C(=O)N1CCC[C@H]1C(=O)O. The molecule has 158 valence electrons. The molecular weight excluding hydrogens is 364 g/mol. The van der Waals surface area contributed by atoms with E-state index >= 15 is 0 Å². The van der Waals surface area contributed by atoms with Crippen LogP contribution in [-0.4, -0.2) is 75.9 Å². The van der Waals surface area contributed by atoms with Crippen molar-refractivity contribution in [3.05, 3.63) is 0 Å². The highest BCUT2D eigenvalue weighted by atomic mass is 16.4. The zero-order valence-corrected chi connectivity index (χ0v) is 16.9. The summed E-state index contributed by atoms with van der Waals surface area (Å²) in [5, 5.41) is 11.9. The minimum Gasteiger partial charge on any atom is -0.480 e. The molecule has 0 bridgehead atoms. The average Bonchev–Trinajstić information content (AvgIpc) is 3.28. The van der Waals surface area contributed by atoms with Gasteiger partial charge in [-0.25, -0.2) is 4.79 Å². The van der Waals surface area contributed by atoms with Crippen molar-refractivity contribution in [3.8, 4) is 0 Å². The van der Waals surface area contributed by atoms with Gasteiger partial charge in [-0.3, -0.25) is 14.4 Å². The number of hydrogen-bond acceptors (Lipinski definition) is 5. The first kappa shape index (κ1) is 22.1. The number of nitrogens with zero attached hydrogens (tertiary/aromatic N) is 2. The second-order valence-electron chi connectivity index (χ2n) is 8.18. The van der Waals surface area contributed by atoms with E-state index in [-0.39, 0.29) is 11.8 Å². The van der Waals surface area contributed by atoms with E-state index in [2.05, 4.69) is 5.32 Å². The Bertz CT molecular complexity index is 623. The van der Waals surface area contributed by atoms with Crippen molar-refractivity contribution in [1.29, 1.82) is 0 Å². The third-order valence-electron chi connectivity index (χ3n) is 5.43. The predicted octanol–water partition coefficient (Wildman–Crippen LogP) is -0.0689. The van der Waals surface area contributed by atoms with Crippen LogP contribution in [0.4, 0.5) is 0 Å². The van der Waals surface area contributed by atoms with Gasteiger partial charge in [-0.15, -0.1) is 0 Å². The summed E-state index contributed by atoms with van der Waals surface area (Å²) < 4.78 is 0. The lowest BCUT2D eigenvalue weighted by atomic mass is 10.0. The molecule has 0 aromatic carbocycles. The van der Waals surface area contributed by atoms with E-state index in [9.17, 15) is 24.3 Å². The lowest BCUT2D eigenvalue weighted by Gasteiger charge is -2.29. The van der Waals surface area contributed by atoms with Crippen LogP contribution in [0.2, 0.25) is 0 Å². The molecule has 9 nitrogen and oxygen atoms in total. The van der Waals surface area contributed by atoms with E-state index in [0.29, 0.717) is 45.2 Å². The van der Waals surface area contributed by atoms with Gasteiger partial charge < -0.3 is 26.0 Å². The molecule has 4 N–H and O–H groups in total. The summed E-state index contributed by atoms with van der Waals surface area (Å²) in [4.78, 5) is 52.1. The molecule has 2 fully saturated rings. The lowest BCUT2D eigenvalue weighted by Crippen LogP contribution is -2.55. The number of carboxylic acids is 1. The summed E-state index contributed by atoms with van der Waals surface area (Å²) in [6.45, 7) is 6.35. The molecule has 0 aliphatic carbocycles. The maximum atomic E-state index is 12.7. The highest BCUT2D eigenvalue weighted by molar-refractivity contribution is 5.94. The molecule has 4 atom stereocenters. The number of carbonyl (C=O) groups excluding carboxylic acids is 3. The number of aliphatic carboxylic acids is 1. The minimum atomic E-state index is -1.03. The molecule has 2 heterocycles. The molecule has 2 aliphatic rings. The van der Waals surface area contributed by atoms with Gasteiger partial charge >= 0.3 is 5.97 Å². The van der Waals surface area contributed by atoms with Gasteiger partial charge in [-0.2, -0.15) is 0 Å². The van der Waals surface area contributed by atoms with E-state index in [1.54, 1.807) is 6.92 Å². The fraction of sp³-hybridized carbons (Fsp3) is 0.789. The number of likely N-dealkylation sites (tertiary alicyclic amines) is 2. The zero-order valence-electron chi connectivity index (χ0n) is 16.9. The number of amides is 3. The zero-order chi connectivity index (χ0) is 21.0. The molecular formula is C19H32N4O5.